The first-order valence-electron chi connectivity index (χ1n) is 8.39. The number of aromatic nitrogens is 4. The number of hydrogen-bond donors (Lipinski definition) is 1. The van der Waals surface area contributed by atoms with Crippen LogP contribution in [0.4, 0.5) is 0 Å². The van der Waals surface area contributed by atoms with E-state index in [4.69, 9.17) is 4.98 Å². The minimum atomic E-state index is 0.605. The van der Waals surface area contributed by atoms with Gasteiger partial charge < -0.3 is 5.32 Å². The van der Waals surface area contributed by atoms with Gasteiger partial charge in [-0.3, -0.25) is 9.08 Å². The average Bonchev–Trinajstić information content (AvgIpc) is 3.26. The fourth-order valence-electron chi connectivity index (χ4n) is 3.56. The van der Waals surface area contributed by atoms with E-state index >= 15 is 0 Å². The Morgan fingerprint density at radius 1 is 1.17 bits per heavy atom. The lowest BCUT2D eigenvalue weighted by molar-refractivity contribution is 0.454. The molecule has 1 fully saturated rings. The van der Waals surface area contributed by atoms with Crippen molar-refractivity contribution in [2.75, 3.05) is 13.1 Å². The van der Waals surface area contributed by atoms with Crippen LogP contribution in [0, 0.1) is 0 Å². The van der Waals surface area contributed by atoms with Gasteiger partial charge in [0.1, 0.15) is 0 Å². The predicted molar refractivity (Wildman–Crippen MR) is 97.6 cm³/mol. The molecule has 0 radical (unpaired) electrons. The Morgan fingerprint density at radius 2 is 2.04 bits per heavy atom. The zero-order valence-corrected chi connectivity index (χ0v) is 14.4. The number of thiazole rings is 1. The Balaban J connectivity index is 1.51. The monoisotopic (exact) mass is 337 g/mol. The molecule has 1 aromatic carbocycles. The lowest BCUT2D eigenvalue weighted by atomic mass is 9.95. The van der Waals surface area contributed by atoms with Gasteiger partial charge in [-0.05, 0) is 43.6 Å². The smallest absolute Gasteiger partial charge is 0.194 e. The average molecular weight is 337 g/mol. The van der Waals surface area contributed by atoms with E-state index in [1.165, 1.54) is 34.4 Å². The van der Waals surface area contributed by atoms with Crippen molar-refractivity contribution in [1.82, 2.24) is 24.5 Å². The number of nitrogens with one attached hydrogen (secondary N) is 1. The minimum Gasteiger partial charge on any atom is -0.317 e. The van der Waals surface area contributed by atoms with Gasteiger partial charge in [0.25, 0.3) is 0 Å². The van der Waals surface area contributed by atoms with E-state index < -0.39 is 0 Å². The zero-order valence-electron chi connectivity index (χ0n) is 13.6. The Morgan fingerprint density at radius 3 is 2.88 bits per heavy atom. The summed E-state index contributed by atoms with van der Waals surface area (Å²) in [7, 11) is 1.96. The molecule has 1 N–H and O–H groups in total. The van der Waals surface area contributed by atoms with Crippen molar-refractivity contribution in [3.8, 4) is 10.4 Å². The molecule has 0 unspecified atom stereocenters. The second kappa shape index (κ2) is 5.43. The molecule has 6 heteroatoms. The molecular formula is C18H19N5S. The van der Waals surface area contributed by atoms with Crippen LogP contribution >= 0.6 is 11.3 Å². The van der Waals surface area contributed by atoms with E-state index in [1.54, 1.807) is 11.3 Å². The van der Waals surface area contributed by atoms with Crippen molar-refractivity contribution < 1.29 is 0 Å². The highest BCUT2D eigenvalue weighted by Crippen LogP contribution is 2.32. The van der Waals surface area contributed by atoms with Gasteiger partial charge in [-0.2, -0.15) is 5.10 Å². The summed E-state index contributed by atoms with van der Waals surface area (Å²) < 4.78 is 4.05. The van der Waals surface area contributed by atoms with Crippen LogP contribution in [0.2, 0.25) is 0 Å². The number of piperidine rings is 1. The standard InChI is InChI=1S/C18H19N5S/c1-22-9-14-8-13(2-3-15(14)21-22)17-11-23-10-16(20-18(23)24-17)12-4-6-19-7-5-12/h2-3,8-12,19H,4-7H2,1H3. The van der Waals surface area contributed by atoms with Crippen LogP contribution in [0.15, 0.2) is 36.8 Å². The maximum atomic E-state index is 4.89. The summed E-state index contributed by atoms with van der Waals surface area (Å²) in [5, 5.41) is 9.04. The lowest BCUT2D eigenvalue weighted by Gasteiger charge is -2.20. The Hall–Kier alpha value is -2.18. The molecule has 0 saturated carbocycles. The maximum Gasteiger partial charge on any atom is 0.194 e. The third kappa shape index (κ3) is 2.34. The van der Waals surface area contributed by atoms with E-state index in [1.807, 2.05) is 11.7 Å². The summed E-state index contributed by atoms with van der Waals surface area (Å²) in [4.78, 5) is 7.22. The van der Waals surface area contributed by atoms with E-state index in [2.05, 4.69) is 51.6 Å². The number of fused-ring (bicyclic) bond motifs is 2. The predicted octanol–water partition coefficient (Wildman–Crippen LogP) is 3.42. The fraction of sp³-hybridized carbons (Fsp3) is 0.333. The number of nitrogens with zero attached hydrogens (tertiary/aromatic N) is 4. The van der Waals surface area contributed by atoms with Crippen LogP contribution in [0.5, 0.6) is 0 Å². The highest BCUT2D eigenvalue weighted by molar-refractivity contribution is 7.20. The quantitative estimate of drug-likeness (QED) is 0.610. The second-order valence-electron chi connectivity index (χ2n) is 6.55. The largest absolute Gasteiger partial charge is 0.317 e. The van der Waals surface area contributed by atoms with Gasteiger partial charge in [0, 0.05) is 36.9 Å². The molecule has 0 amide bonds. The van der Waals surface area contributed by atoms with Crippen molar-refractivity contribution >= 4 is 27.2 Å². The summed E-state index contributed by atoms with van der Waals surface area (Å²) in [6, 6.07) is 6.45. The van der Waals surface area contributed by atoms with Gasteiger partial charge in [0.15, 0.2) is 4.96 Å². The van der Waals surface area contributed by atoms with E-state index in [0.717, 1.165) is 23.6 Å². The highest BCUT2D eigenvalue weighted by atomic mass is 32.1. The Bertz CT molecular complexity index is 987. The molecule has 4 aromatic rings. The second-order valence-corrected chi connectivity index (χ2v) is 7.56. The van der Waals surface area contributed by atoms with Gasteiger partial charge in [-0.25, -0.2) is 4.98 Å². The lowest BCUT2D eigenvalue weighted by Crippen LogP contribution is -2.26. The molecule has 0 atom stereocenters. The van der Waals surface area contributed by atoms with Crippen molar-refractivity contribution in [2.45, 2.75) is 18.8 Å². The molecule has 1 aliphatic heterocycles. The first-order chi connectivity index (χ1) is 11.8. The van der Waals surface area contributed by atoms with E-state index in [0.29, 0.717) is 5.92 Å². The molecule has 0 bridgehead atoms. The molecule has 122 valence electrons. The number of rotatable bonds is 2. The van der Waals surface area contributed by atoms with Crippen molar-refractivity contribution in [2.24, 2.45) is 7.05 Å². The number of benzene rings is 1. The van der Waals surface area contributed by atoms with Crippen molar-refractivity contribution in [1.29, 1.82) is 0 Å². The van der Waals surface area contributed by atoms with Crippen LogP contribution < -0.4 is 5.32 Å². The highest BCUT2D eigenvalue weighted by Gasteiger charge is 2.19. The van der Waals surface area contributed by atoms with Gasteiger partial charge in [-0.15, -0.1) is 0 Å². The van der Waals surface area contributed by atoms with Gasteiger partial charge in [0.05, 0.1) is 16.1 Å². The summed E-state index contributed by atoms with van der Waals surface area (Å²) in [6.45, 7) is 2.21. The molecular weight excluding hydrogens is 318 g/mol. The maximum absolute atomic E-state index is 4.89. The molecule has 4 heterocycles. The van der Waals surface area contributed by atoms with Gasteiger partial charge >= 0.3 is 0 Å². The van der Waals surface area contributed by atoms with Crippen molar-refractivity contribution in [3.05, 3.63) is 42.5 Å². The zero-order chi connectivity index (χ0) is 16.1. The summed E-state index contributed by atoms with van der Waals surface area (Å²) >= 11 is 1.76. The molecule has 5 rings (SSSR count). The normalized spacial score (nSPS) is 16.4. The molecule has 0 spiro atoms. The molecule has 1 saturated heterocycles. The number of aryl methyl sites for hydroxylation is 1. The SMILES string of the molecule is Cn1cc2cc(-c3cn4cc(C5CCNCC5)nc4s3)ccc2n1. The number of imidazole rings is 1. The Labute approximate surface area is 143 Å². The molecule has 1 aliphatic rings. The van der Waals surface area contributed by atoms with E-state index in [-0.39, 0.29) is 0 Å². The molecule has 24 heavy (non-hydrogen) atoms. The molecule has 5 nitrogen and oxygen atoms in total. The molecule has 0 aliphatic carbocycles. The minimum absolute atomic E-state index is 0.605. The Kier molecular flexibility index (Phi) is 3.21. The van der Waals surface area contributed by atoms with Gasteiger partial charge in [-0.1, -0.05) is 17.4 Å². The van der Waals surface area contributed by atoms with Crippen molar-refractivity contribution in [3.63, 3.8) is 0 Å². The van der Waals surface area contributed by atoms with Crippen LogP contribution in [-0.4, -0.2) is 32.3 Å². The summed E-state index contributed by atoms with van der Waals surface area (Å²) in [5.41, 5.74) is 3.52. The summed E-state index contributed by atoms with van der Waals surface area (Å²) in [6.07, 6.45) is 8.86. The van der Waals surface area contributed by atoms with Gasteiger partial charge in [0.2, 0.25) is 0 Å². The third-order valence-electron chi connectivity index (χ3n) is 4.84. The van der Waals surface area contributed by atoms with Crippen LogP contribution in [0.25, 0.3) is 26.3 Å². The topological polar surface area (TPSA) is 47.1 Å². The van der Waals surface area contributed by atoms with Crippen LogP contribution in [0.3, 0.4) is 0 Å². The third-order valence-corrected chi connectivity index (χ3v) is 5.88. The molecule has 3 aromatic heterocycles. The summed E-state index contributed by atoms with van der Waals surface area (Å²) in [5.74, 6) is 0.605. The number of hydrogen-bond acceptors (Lipinski definition) is 4. The first-order valence-corrected chi connectivity index (χ1v) is 9.21. The first kappa shape index (κ1) is 14.2. The van der Waals surface area contributed by atoms with Crippen LogP contribution in [-0.2, 0) is 7.05 Å². The van der Waals surface area contributed by atoms with Crippen LogP contribution in [0.1, 0.15) is 24.5 Å². The van der Waals surface area contributed by atoms with E-state index in [9.17, 15) is 0 Å². The fourth-order valence-corrected chi connectivity index (χ4v) is 4.53.